The molecule has 0 spiro atoms. The number of carbonyl (C=O) groups is 1. The zero-order chi connectivity index (χ0) is 20.0. The molecule has 1 N–H and O–H groups in total. The number of hydrogen-bond donors (Lipinski definition) is 1. The lowest BCUT2D eigenvalue weighted by Gasteiger charge is -2.23. The number of carbonyl (C=O) groups excluding carboxylic acids is 1. The second-order valence-corrected chi connectivity index (χ2v) is 7.47. The maximum atomic E-state index is 12.5. The summed E-state index contributed by atoms with van der Waals surface area (Å²) in [4.78, 5) is 12.5. The summed E-state index contributed by atoms with van der Waals surface area (Å²) < 4.78 is 41.0. The number of benzene rings is 2. The SMILES string of the molecule is COc1ccc(NC(=O)CN(c2ccccc2OC)S(C)(=O)=O)cc1OC. The van der Waals surface area contributed by atoms with Crippen molar-refractivity contribution in [1.29, 1.82) is 0 Å². The van der Waals surface area contributed by atoms with Gasteiger partial charge in [0.1, 0.15) is 12.3 Å². The lowest BCUT2D eigenvalue weighted by Crippen LogP contribution is -2.37. The summed E-state index contributed by atoms with van der Waals surface area (Å²) in [7, 11) is 0.710. The van der Waals surface area contributed by atoms with Gasteiger partial charge in [0.05, 0.1) is 33.3 Å². The summed E-state index contributed by atoms with van der Waals surface area (Å²) in [6.07, 6.45) is 1.03. The minimum Gasteiger partial charge on any atom is -0.495 e. The van der Waals surface area contributed by atoms with Gasteiger partial charge >= 0.3 is 0 Å². The Labute approximate surface area is 158 Å². The molecule has 0 bridgehead atoms. The van der Waals surface area contributed by atoms with Gasteiger partial charge in [-0.3, -0.25) is 9.10 Å². The fourth-order valence-corrected chi connectivity index (χ4v) is 3.32. The van der Waals surface area contributed by atoms with Crippen molar-refractivity contribution in [3.8, 4) is 17.2 Å². The van der Waals surface area contributed by atoms with Crippen LogP contribution in [-0.4, -0.2) is 48.5 Å². The van der Waals surface area contributed by atoms with E-state index in [1.54, 1.807) is 42.5 Å². The molecule has 8 nitrogen and oxygen atoms in total. The summed E-state index contributed by atoms with van der Waals surface area (Å²) in [6, 6.07) is 11.4. The van der Waals surface area contributed by atoms with Crippen LogP contribution >= 0.6 is 0 Å². The average Bonchev–Trinajstić information content (AvgIpc) is 2.65. The average molecular weight is 394 g/mol. The monoisotopic (exact) mass is 394 g/mol. The summed E-state index contributed by atoms with van der Waals surface area (Å²) in [5.74, 6) is 0.794. The minimum absolute atomic E-state index is 0.282. The number of sulfonamides is 1. The van der Waals surface area contributed by atoms with Crippen LogP contribution in [0.5, 0.6) is 17.2 Å². The molecule has 0 heterocycles. The van der Waals surface area contributed by atoms with Gasteiger partial charge in [-0.2, -0.15) is 0 Å². The van der Waals surface area contributed by atoms with Crippen molar-refractivity contribution >= 4 is 27.3 Å². The van der Waals surface area contributed by atoms with E-state index in [9.17, 15) is 13.2 Å². The van der Waals surface area contributed by atoms with Crippen LogP contribution in [0, 0.1) is 0 Å². The Morgan fingerprint density at radius 2 is 1.59 bits per heavy atom. The van der Waals surface area contributed by atoms with Gasteiger partial charge in [-0.1, -0.05) is 12.1 Å². The van der Waals surface area contributed by atoms with Gasteiger partial charge in [0.2, 0.25) is 15.9 Å². The quantitative estimate of drug-likeness (QED) is 0.737. The van der Waals surface area contributed by atoms with Crippen LogP contribution in [0.3, 0.4) is 0 Å². The highest BCUT2D eigenvalue weighted by atomic mass is 32.2. The predicted molar refractivity (Wildman–Crippen MR) is 103 cm³/mol. The van der Waals surface area contributed by atoms with Crippen LogP contribution in [0.4, 0.5) is 11.4 Å². The van der Waals surface area contributed by atoms with Gasteiger partial charge in [0.25, 0.3) is 0 Å². The third-order valence-corrected chi connectivity index (χ3v) is 4.84. The number of amides is 1. The van der Waals surface area contributed by atoms with Gasteiger partial charge in [-0.05, 0) is 24.3 Å². The maximum absolute atomic E-state index is 12.5. The highest BCUT2D eigenvalue weighted by Crippen LogP contribution is 2.31. The van der Waals surface area contributed by atoms with Crippen molar-refractivity contribution in [3.05, 3.63) is 42.5 Å². The molecule has 9 heteroatoms. The molecule has 0 unspecified atom stereocenters. The van der Waals surface area contributed by atoms with Gasteiger partial charge in [0, 0.05) is 11.8 Å². The number of rotatable bonds is 8. The lowest BCUT2D eigenvalue weighted by atomic mass is 10.2. The first-order valence-corrected chi connectivity index (χ1v) is 9.77. The normalized spacial score (nSPS) is 10.8. The molecule has 0 atom stereocenters. The highest BCUT2D eigenvalue weighted by Gasteiger charge is 2.24. The van der Waals surface area contributed by atoms with Gasteiger partial charge in [0.15, 0.2) is 11.5 Å². The maximum Gasteiger partial charge on any atom is 0.245 e. The van der Waals surface area contributed by atoms with E-state index in [4.69, 9.17) is 14.2 Å². The van der Waals surface area contributed by atoms with E-state index in [0.717, 1.165) is 10.6 Å². The van der Waals surface area contributed by atoms with Gasteiger partial charge < -0.3 is 19.5 Å². The first-order valence-electron chi connectivity index (χ1n) is 7.92. The molecular weight excluding hydrogens is 372 g/mol. The Hall–Kier alpha value is -2.94. The van der Waals surface area contributed by atoms with E-state index in [2.05, 4.69) is 5.32 Å². The third kappa shape index (κ3) is 5.04. The minimum atomic E-state index is -3.71. The number of hydrogen-bond acceptors (Lipinski definition) is 6. The van der Waals surface area contributed by atoms with E-state index in [0.29, 0.717) is 22.9 Å². The van der Waals surface area contributed by atoms with Crippen LogP contribution in [-0.2, 0) is 14.8 Å². The largest absolute Gasteiger partial charge is 0.495 e. The topological polar surface area (TPSA) is 94.2 Å². The van der Waals surface area contributed by atoms with E-state index in [-0.39, 0.29) is 5.69 Å². The molecule has 0 radical (unpaired) electrons. The van der Waals surface area contributed by atoms with E-state index >= 15 is 0 Å². The molecule has 0 fully saturated rings. The molecule has 0 aliphatic rings. The van der Waals surface area contributed by atoms with E-state index < -0.39 is 22.5 Å². The zero-order valence-electron chi connectivity index (χ0n) is 15.6. The number of nitrogens with one attached hydrogen (secondary N) is 1. The van der Waals surface area contributed by atoms with Gasteiger partial charge in [-0.15, -0.1) is 0 Å². The number of para-hydroxylation sites is 2. The Balaban J connectivity index is 2.25. The van der Waals surface area contributed by atoms with Crippen LogP contribution in [0.25, 0.3) is 0 Å². The van der Waals surface area contributed by atoms with Crippen molar-refractivity contribution in [3.63, 3.8) is 0 Å². The third-order valence-electron chi connectivity index (χ3n) is 3.71. The molecule has 0 saturated carbocycles. The number of anilines is 2. The Morgan fingerprint density at radius 3 is 2.19 bits per heavy atom. The van der Waals surface area contributed by atoms with Crippen LogP contribution in [0.2, 0.25) is 0 Å². The molecule has 0 aliphatic carbocycles. The van der Waals surface area contributed by atoms with Crippen LogP contribution < -0.4 is 23.8 Å². The van der Waals surface area contributed by atoms with Crippen molar-refractivity contribution in [2.24, 2.45) is 0 Å². The Bertz CT molecular complexity index is 914. The Kier molecular flexibility index (Phi) is 6.51. The molecule has 146 valence electrons. The van der Waals surface area contributed by atoms with Crippen molar-refractivity contribution in [2.45, 2.75) is 0 Å². The lowest BCUT2D eigenvalue weighted by molar-refractivity contribution is -0.114. The molecule has 0 aromatic heterocycles. The molecule has 2 aromatic rings. The van der Waals surface area contributed by atoms with Gasteiger partial charge in [-0.25, -0.2) is 8.42 Å². The summed E-state index contributed by atoms with van der Waals surface area (Å²) in [5, 5.41) is 2.66. The summed E-state index contributed by atoms with van der Waals surface area (Å²) >= 11 is 0. The summed E-state index contributed by atoms with van der Waals surface area (Å²) in [5.41, 5.74) is 0.732. The van der Waals surface area contributed by atoms with Crippen molar-refractivity contribution < 1.29 is 27.4 Å². The van der Waals surface area contributed by atoms with E-state index in [1.165, 1.54) is 21.3 Å². The highest BCUT2D eigenvalue weighted by molar-refractivity contribution is 7.92. The zero-order valence-corrected chi connectivity index (χ0v) is 16.4. The number of nitrogens with zero attached hydrogens (tertiary/aromatic N) is 1. The summed E-state index contributed by atoms with van der Waals surface area (Å²) in [6.45, 7) is -0.409. The number of methoxy groups -OCH3 is 3. The molecule has 2 aromatic carbocycles. The smallest absolute Gasteiger partial charge is 0.245 e. The fraction of sp³-hybridized carbons (Fsp3) is 0.278. The second-order valence-electron chi connectivity index (χ2n) is 5.56. The molecule has 27 heavy (non-hydrogen) atoms. The molecule has 0 saturated heterocycles. The first-order chi connectivity index (χ1) is 12.8. The molecule has 2 rings (SSSR count). The number of ether oxygens (including phenoxy) is 3. The standard InChI is InChI=1S/C18H22N2O6S/c1-24-15-8-6-5-7-14(15)20(27(4,22)23)12-18(21)19-13-9-10-16(25-2)17(11-13)26-3/h5-11H,12H2,1-4H3,(H,19,21). The first kappa shape index (κ1) is 20.4. The molecule has 1 amide bonds. The second kappa shape index (κ2) is 8.63. The van der Waals surface area contributed by atoms with Crippen molar-refractivity contribution in [1.82, 2.24) is 0 Å². The van der Waals surface area contributed by atoms with Crippen LogP contribution in [0.1, 0.15) is 0 Å². The predicted octanol–water partition coefficient (Wildman–Crippen LogP) is 2.12. The Morgan fingerprint density at radius 1 is 0.963 bits per heavy atom. The fourth-order valence-electron chi connectivity index (χ4n) is 2.46. The van der Waals surface area contributed by atoms with Crippen molar-refractivity contribution in [2.75, 3.05) is 43.8 Å². The molecule has 0 aliphatic heterocycles. The van der Waals surface area contributed by atoms with Crippen LogP contribution in [0.15, 0.2) is 42.5 Å². The molecular formula is C18H22N2O6S. The van der Waals surface area contributed by atoms with E-state index in [1.807, 2.05) is 0 Å².